The van der Waals surface area contributed by atoms with Crippen LogP contribution in [0.3, 0.4) is 0 Å². The van der Waals surface area contributed by atoms with Gasteiger partial charge in [-0.05, 0) is 44.9 Å². The molecule has 22 heteroatoms. The molecular formula is C45H85O19P3. The molecule has 1 aliphatic carbocycles. The molecule has 8 N–H and O–H groups in total. The molecule has 0 heterocycles. The summed E-state index contributed by atoms with van der Waals surface area (Å²) in [6.45, 7) is 2.92. The third-order valence-electron chi connectivity index (χ3n) is 11.3. The van der Waals surface area contributed by atoms with Gasteiger partial charge < -0.3 is 49.3 Å². The summed E-state index contributed by atoms with van der Waals surface area (Å²) in [4.78, 5) is 73.2. The molecular weight excluding hydrogens is 937 g/mol. The van der Waals surface area contributed by atoms with Crippen molar-refractivity contribution in [3.63, 3.8) is 0 Å². The van der Waals surface area contributed by atoms with E-state index in [1.54, 1.807) is 0 Å². The van der Waals surface area contributed by atoms with E-state index in [4.69, 9.17) is 18.5 Å². The molecule has 394 valence electrons. The Balaban J connectivity index is 2.72. The number of aliphatic hydroxyl groups is 3. The smallest absolute Gasteiger partial charge is 0.462 e. The highest BCUT2D eigenvalue weighted by Gasteiger charge is 2.56. The van der Waals surface area contributed by atoms with Gasteiger partial charge in [-0.15, -0.1) is 0 Å². The Morgan fingerprint density at radius 2 is 0.866 bits per heavy atom. The minimum absolute atomic E-state index is 0.000885. The highest BCUT2D eigenvalue weighted by molar-refractivity contribution is 7.47. The third-order valence-corrected chi connectivity index (χ3v) is 13.3. The molecule has 1 rings (SSSR count). The number of carbonyl (C=O) groups is 2. The Kier molecular flexibility index (Phi) is 35.5. The van der Waals surface area contributed by atoms with E-state index in [2.05, 4.69) is 47.2 Å². The standard InChI is InChI=1S/C45H85O19P3/c1-3-5-7-9-11-13-15-17-19-21-23-25-27-29-31-33-38(46)59-35-37(61-39(47)34-32-30-28-26-24-22-20-18-16-14-12-10-8-6-4-2)36-60-67(57,58)64-43-40(48)41(49)44(62-65(51,52)53)45(42(43)50)63-66(54,55)56/h11,13,17,19,37,40-45,48-50H,3-10,12,14-16,18,20-36H2,1-2H3,(H,57,58)(H2,51,52,53)(H2,54,55,56). The van der Waals surface area contributed by atoms with Crippen molar-refractivity contribution < 1.29 is 90.6 Å². The molecule has 8 atom stereocenters. The summed E-state index contributed by atoms with van der Waals surface area (Å²) < 4.78 is 65.5. The molecule has 0 saturated heterocycles. The number of esters is 2. The van der Waals surface area contributed by atoms with Gasteiger partial charge in [0.2, 0.25) is 0 Å². The van der Waals surface area contributed by atoms with Crippen molar-refractivity contribution >= 4 is 35.4 Å². The van der Waals surface area contributed by atoms with Crippen LogP contribution < -0.4 is 0 Å². The zero-order valence-corrected chi connectivity index (χ0v) is 42.7. The second-order valence-electron chi connectivity index (χ2n) is 17.4. The van der Waals surface area contributed by atoms with Gasteiger partial charge >= 0.3 is 35.4 Å². The zero-order chi connectivity index (χ0) is 50.0. The fraction of sp³-hybridized carbons (Fsp3) is 0.867. The SMILES string of the molecule is CCCCCC=CCC=CCCCCCCCC(=O)OCC(COP(=O)(O)OC1C(O)C(O)C(OP(=O)(O)O)C(OP(=O)(O)O)C1O)OC(=O)CCCCCCCCCCCCCCCCC. The number of hydrogen-bond donors (Lipinski definition) is 8. The first-order valence-electron chi connectivity index (χ1n) is 24.6. The minimum atomic E-state index is -5.60. The zero-order valence-electron chi connectivity index (χ0n) is 40.0. The lowest BCUT2D eigenvalue weighted by atomic mass is 9.85. The highest BCUT2D eigenvalue weighted by Crippen LogP contribution is 2.51. The van der Waals surface area contributed by atoms with Crippen molar-refractivity contribution in [3.8, 4) is 0 Å². The lowest BCUT2D eigenvalue weighted by molar-refractivity contribution is -0.213. The molecule has 67 heavy (non-hydrogen) atoms. The van der Waals surface area contributed by atoms with Crippen molar-refractivity contribution in [2.75, 3.05) is 13.2 Å². The first kappa shape index (κ1) is 63.6. The maximum absolute atomic E-state index is 13.1. The van der Waals surface area contributed by atoms with Crippen molar-refractivity contribution in [2.45, 2.75) is 236 Å². The number of aliphatic hydroxyl groups excluding tert-OH is 3. The van der Waals surface area contributed by atoms with E-state index in [-0.39, 0.29) is 12.8 Å². The van der Waals surface area contributed by atoms with E-state index in [0.29, 0.717) is 12.8 Å². The maximum atomic E-state index is 13.1. The van der Waals surface area contributed by atoms with E-state index in [1.807, 2.05) is 0 Å². The average Bonchev–Trinajstić information content (AvgIpc) is 3.25. The first-order chi connectivity index (χ1) is 31.8. The summed E-state index contributed by atoms with van der Waals surface area (Å²) in [6.07, 6.45) is 20.5. The average molecular weight is 1020 g/mol. The van der Waals surface area contributed by atoms with Gasteiger partial charge in [0.25, 0.3) is 0 Å². The van der Waals surface area contributed by atoms with Gasteiger partial charge in [0.1, 0.15) is 43.2 Å². The Bertz CT molecular complexity index is 1500. The topological polar surface area (TPSA) is 303 Å². The molecule has 0 aromatic rings. The third kappa shape index (κ3) is 33.8. The van der Waals surface area contributed by atoms with Gasteiger partial charge in [-0.2, -0.15) is 0 Å². The molecule has 0 aromatic heterocycles. The van der Waals surface area contributed by atoms with Gasteiger partial charge in [0.05, 0.1) is 6.61 Å². The Labute approximate surface area is 398 Å². The maximum Gasteiger partial charge on any atom is 0.472 e. The van der Waals surface area contributed by atoms with Crippen LogP contribution in [0.25, 0.3) is 0 Å². The van der Waals surface area contributed by atoms with Gasteiger partial charge in [0, 0.05) is 12.8 Å². The van der Waals surface area contributed by atoms with Crippen molar-refractivity contribution in [3.05, 3.63) is 24.3 Å². The van der Waals surface area contributed by atoms with Crippen molar-refractivity contribution in [1.29, 1.82) is 0 Å². The van der Waals surface area contributed by atoms with Crippen LogP contribution in [0.2, 0.25) is 0 Å². The number of ether oxygens (including phenoxy) is 2. The van der Waals surface area contributed by atoms with E-state index in [9.17, 15) is 63.1 Å². The monoisotopic (exact) mass is 1020 g/mol. The number of rotatable bonds is 42. The fourth-order valence-electron chi connectivity index (χ4n) is 7.55. The number of allylic oxidation sites excluding steroid dienone is 4. The molecule has 0 amide bonds. The summed E-state index contributed by atoms with van der Waals surface area (Å²) in [5.74, 6) is -1.31. The molecule has 0 aliphatic heterocycles. The fourth-order valence-corrected chi connectivity index (χ4v) is 9.65. The molecule has 0 spiro atoms. The van der Waals surface area contributed by atoms with Crippen LogP contribution in [0.5, 0.6) is 0 Å². The van der Waals surface area contributed by atoms with Gasteiger partial charge in [-0.1, -0.05) is 160 Å². The van der Waals surface area contributed by atoms with Crippen LogP contribution >= 0.6 is 23.5 Å². The molecule has 1 fully saturated rings. The molecule has 1 aliphatic rings. The largest absolute Gasteiger partial charge is 0.472 e. The summed E-state index contributed by atoms with van der Waals surface area (Å²) in [5.41, 5.74) is 0. The van der Waals surface area contributed by atoms with Gasteiger partial charge in [0.15, 0.2) is 6.10 Å². The number of unbranched alkanes of at least 4 members (excludes halogenated alkanes) is 22. The molecule has 1 saturated carbocycles. The lowest BCUT2D eigenvalue weighted by Gasteiger charge is -2.44. The summed E-state index contributed by atoms with van der Waals surface area (Å²) in [7, 11) is -16.6. The second-order valence-corrected chi connectivity index (χ2v) is 21.2. The summed E-state index contributed by atoms with van der Waals surface area (Å²) in [6, 6.07) is 0. The molecule has 19 nitrogen and oxygen atoms in total. The predicted octanol–water partition coefficient (Wildman–Crippen LogP) is 9.07. The predicted molar refractivity (Wildman–Crippen MR) is 252 cm³/mol. The molecule has 0 bridgehead atoms. The van der Waals surface area contributed by atoms with Crippen molar-refractivity contribution in [2.24, 2.45) is 0 Å². The quantitative estimate of drug-likeness (QED) is 0.0122. The molecule has 0 aromatic carbocycles. The van der Waals surface area contributed by atoms with E-state index >= 15 is 0 Å². The van der Waals surface area contributed by atoms with Crippen LogP contribution in [-0.4, -0.2) is 108 Å². The number of carbonyl (C=O) groups excluding carboxylic acids is 2. The molecule has 0 radical (unpaired) electrons. The van der Waals surface area contributed by atoms with E-state index in [0.717, 1.165) is 70.6 Å². The first-order valence-corrected chi connectivity index (χ1v) is 29.2. The second kappa shape index (κ2) is 37.4. The van der Waals surface area contributed by atoms with Crippen molar-refractivity contribution in [1.82, 2.24) is 0 Å². The number of hydrogen-bond acceptors (Lipinski definition) is 14. The number of phosphoric ester groups is 3. The van der Waals surface area contributed by atoms with Crippen LogP contribution in [0.15, 0.2) is 24.3 Å². The Morgan fingerprint density at radius 1 is 0.478 bits per heavy atom. The summed E-state index contributed by atoms with van der Waals surface area (Å²) in [5, 5.41) is 31.9. The summed E-state index contributed by atoms with van der Waals surface area (Å²) >= 11 is 0. The lowest BCUT2D eigenvalue weighted by Crippen LogP contribution is -2.65. The van der Waals surface area contributed by atoms with Gasteiger partial charge in [-0.3, -0.25) is 27.7 Å². The van der Waals surface area contributed by atoms with Crippen LogP contribution in [-0.2, 0) is 50.9 Å². The van der Waals surface area contributed by atoms with Crippen LogP contribution in [0, 0.1) is 0 Å². The highest BCUT2D eigenvalue weighted by atomic mass is 31.2. The number of phosphoric acid groups is 3. The Hall–Kier alpha value is -1.37. The van der Waals surface area contributed by atoms with Crippen LogP contribution in [0.4, 0.5) is 0 Å². The van der Waals surface area contributed by atoms with Crippen LogP contribution in [0.1, 0.15) is 194 Å². The Morgan fingerprint density at radius 3 is 1.34 bits per heavy atom. The van der Waals surface area contributed by atoms with E-state index < -0.39 is 91.3 Å². The van der Waals surface area contributed by atoms with E-state index in [1.165, 1.54) is 83.5 Å². The minimum Gasteiger partial charge on any atom is -0.462 e. The normalized spacial score (nSPS) is 21.8. The van der Waals surface area contributed by atoms with Gasteiger partial charge in [-0.25, -0.2) is 13.7 Å². The molecule has 8 unspecified atom stereocenters.